The predicted molar refractivity (Wildman–Crippen MR) is 86.2 cm³/mol. The van der Waals surface area contributed by atoms with Gasteiger partial charge in [0.25, 0.3) is 0 Å². The Kier molecular flexibility index (Phi) is 4.17. The number of anilines is 1. The lowest BCUT2D eigenvalue weighted by Gasteiger charge is -2.26. The quantitative estimate of drug-likeness (QED) is 0.833. The normalized spacial score (nSPS) is 17.8. The zero-order valence-corrected chi connectivity index (χ0v) is 13.1. The largest absolute Gasteiger partial charge is 0.367 e. The summed E-state index contributed by atoms with van der Waals surface area (Å²) >= 11 is 0. The Bertz CT molecular complexity index is 536. The van der Waals surface area contributed by atoms with Crippen LogP contribution in [0.1, 0.15) is 50.7 Å². The van der Waals surface area contributed by atoms with Crippen LogP contribution < -0.4 is 10.2 Å². The average molecular weight is 283 g/mol. The molecule has 3 nitrogen and oxygen atoms in total. The van der Waals surface area contributed by atoms with Crippen LogP contribution in [0.2, 0.25) is 0 Å². The Morgan fingerprint density at radius 3 is 2.62 bits per heavy atom. The lowest BCUT2D eigenvalue weighted by molar-refractivity contribution is 0.588. The minimum atomic E-state index is 0.466. The summed E-state index contributed by atoms with van der Waals surface area (Å²) in [4.78, 5) is 2.50. The minimum absolute atomic E-state index is 0.466. The molecule has 21 heavy (non-hydrogen) atoms. The highest BCUT2D eigenvalue weighted by atomic mass is 15.2. The van der Waals surface area contributed by atoms with Gasteiger partial charge in [0.05, 0.1) is 11.3 Å². The fourth-order valence-corrected chi connectivity index (χ4v) is 2.76. The van der Waals surface area contributed by atoms with Crippen LogP contribution >= 0.6 is 0 Å². The van der Waals surface area contributed by atoms with Gasteiger partial charge in [0, 0.05) is 25.2 Å². The second kappa shape index (κ2) is 6.07. The molecule has 2 aliphatic carbocycles. The van der Waals surface area contributed by atoms with E-state index < -0.39 is 0 Å². The first kappa shape index (κ1) is 14.4. The standard InChI is InChI=1S/C18H25N3/c1-13(2)20-11-15-5-8-18(16(9-15)10-19)21(17-6-7-17)12-14-3-4-14/h5,8-9,13-14,17,20H,3-4,6-7,11-12H2,1-2H3. The molecule has 0 aliphatic heterocycles. The fourth-order valence-electron chi connectivity index (χ4n) is 2.76. The molecule has 0 spiro atoms. The number of nitrogens with zero attached hydrogens (tertiary/aromatic N) is 2. The van der Waals surface area contributed by atoms with Crippen molar-refractivity contribution in [2.24, 2.45) is 5.92 Å². The molecule has 2 saturated carbocycles. The van der Waals surface area contributed by atoms with Crippen molar-refractivity contribution in [2.45, 2.75) is 58.2 Å². The summed E-state index contributed by atoms with van der Waals surface area (Å²) in [6.07, 6.45) is 5.30. The van der Waals surface area contributed by atoms with Crippen molar-refractivity contribution in [1.29, 1.82) is 5.26 Å². The molecule has 1 aromatic rings. The number of nitriles is 1. The maximum Gasteiger partial charge on any atom is 0.101 e. The molecule has 0 unspecified atom stereocenters. The minimum Gasteiger partial charge on any atom is -0.367 e. The van der Waals surface area contributed by atoms with Crippen LogP contribution in [0.3, 0.4) is 0 Å². The Morgan fingerprint density at radius 2 is 2.05 bits per heavy atom. The molecule has 2 fully saturated rings. The molecule has 0 saturated heterocycles. The van der Waals surface area contributed by atoms with Crippen LogP contribution in [0.4, 0.5) is 5.69 Å². The topological polar surface area (TPSA) is 39.1 Å². The van der Waals surface area contributed by atoms with Crippen LogP contribution in [0.25, 0.3) is 0 Å². The Balaban J connectivity index is 1.78. The lowest BCUT2D eigenvalue weighted by Crippen LogP contribution is -2.29. The molecule has 0 heterocycles. The average Bonchev–Trinajstić information content (AvgIpc) is 3.35. The van der Waals surface area contributed by atoms with Gasteiger partial charge < -0.3 is 10.2 Å². The van der Waals surface area contributed by atoms with Crippen LogP contribution in [0, 0.1) is 17.2 Å². The first-order chi connectivity index (χ1) is 10.2. The molecule has 0 aromatic heterocycles. The highest BCUT2D eigenvalue weighted by Crippen LogP contribution is 2.38. The van der Waals surface area contributed by atoms with Gasteiger partial charge in [0.15, 0.2) is 0 Å². The SMILES string of the molecule is CC(C)NCc1ccc(N(CC2CC2)C2CC2)c(C#N)c1. The zero-order valence-electron chi connectivity index (χ0n) is 13.1. The molecule has 2 aliphatic rings. The highest BCUT2D eigenvalue weighted by molar-refractivity contribution is 5.62. The third kappa shape index (κ3) is 3.77. The molecular weight excluding hydrogens is 258 g/mol. The first-order valence-electron chi connectivity index (χ1n) is 8.20. The summed E-state index contributed by atoms with van der Waals surface area (Å²) in [5, 5.41) is 12.9. The van der Waals surface area contributed by atoms with Gasteiger partial charge in [0.1, 0.15) is 6.07 Å². The highest BCUT2D eigenvalue weighted by Gasteiger charge is 2.34. The molecule has 0 amide bonds. The van der Waals surface area contributed by atoms with E-state index in [-0.39, 0.29) is 0 Å². The van der Waals surface area contributed by atoms with Crippen LogP contribution in [0.15, 0.2) is 18.2 Å². The van der Waals surface area contributed by atoms with Gasteiger partial charge in [-0.05, 0) is 49.3 Å². The second-order valence-electron chi connectivity index (χ2n) is 6.83. The van der Waals surface area contributed by atoms with E-state index >= 15 is 0 Å². The van der Waals surface area contributed by atoms with Crippen molar-refractivity contribution in [3.63, 3.8) is 0 Å². The number of hydrogen-bond acceptors (Lipinski definition) is 3. The van der Waals surface area contributed by atoms with Crippen molar-refractivity contribution in [3.8, 4) is 6.07 Å². The maximum atomic E-state index is 9.52. The van der Waals surface area contributed by atoms with Gasteiger partial charge in [-0.15, -0.1) is 0 Å². The Labute approximate surface area is 128 Å². The zero-order chi connectivity index (χ0) is 14.8. The summed E-state index contributed by atoms with van der Waals surface area (Å²) in [7, 11) is 0. The van der Waals surface area contributed by atoms with Gasteiger partial charge >= 0.3 is 0 Å². The van der Waals surface area contributed by atoms with Gasteiger partial charge in [-0.1, -0.05) is 19.9 Å². The van der Waals surface area contributed by atoms with E-state index in [1.807, 2.05) is 0 Å². The summed E-state index contributed by atoms with van der Waals surface area (Å²) in [6, 6.07) is 9.96. The van der Waals surface area contributed by atoms with E-state index in [2.05, 4.69) is 48.3 Å². The van der Waals surface area contributed by atoms with E-state index in [9.17, 15) is 5.26 Å². The molecule has 0 bridgehead atoms. The Morgan fingerprint density at radius 1 is 1.29 bits per heavy atom. The molecule has 1 N–H and O–H groups in total. The summed E-state index contributed by atoms with van der Waals surface area (Å²) < 4.78 is 0. The van der Waals surface area contributed by atoms with Crippen molar-refractivity contribution in [2.75, 3.05) is 11.4 Å². The van der Waals surface area contributed by atoms with E-state index in [0.717, 1.165) is 30.3 Å². The van der Waals surface area contributed by atoms with Gasteiger partial charge in [-0.25, -0.2) is 0 Å². The smallest absolute Gasteiger partial charge is 0.101 e. The van der Waals surface area contributed by atoms with Gasteiger partial charge in [-0.3, -0.25) is 0 Å². The molecule has 3 heteroatoms. The predicted octanol–water partition coefficient (Wildman–Crippen LogP) is 3.44. The summed E-state index contributed by atoms with van der Waals surface area (Å²) in [6.45, 7) is 6.26. The van der Waals surface area contributed by atoms with E-state index in [0.29, 0.717) is 12.1 Å². The second-order valence-corrected chi connectivity index (χ2v) is 6.83. The fraction of sp³-hybridized carbons (Fsp3) is 0.611. The van der Waals surface area contributed by atoms with E-state index in [1.165, 1.54) is 31.2 Å². The number of benzene rings is 1. The summed E-state index contributed by atoms with van der Waals surface area (Å²) in [5.41, 5.74) is 3.19. The van der Waals surface area contributed by atoms with Crippen LogP contribution in [0.5, 0.6) is 0 Å². The van der Waals surface area contributed by atoms with Crippen molar-refractivity contribution in [1.82, 2.24) is 5.32 Å². The molecule has 3 rings (SSSR count). The van der Waals surface area contributed by atoms with Gasteiger partial charge in [-0.2, -0.15) is 5.26 Å². The monoisotopic (exact) mass is 283 g/mol. The van der Waals surface area contributed by atoms with Crippen LogP contribution in [-0.2, 0) is 6.54 Å². The molecular formula is C18H25N3. The van der Waals surface area contributed by atoms with Crippen LogP contribution in [-0.4, -0.2) is 18.6 Å². The first-order valence-corrected chi connectivity index (χ1v) is 8.20. The summed E-state index contributed by atoms with van der Waals surface area (Å²) in [5.74, 6) is 0.861. The van der Waals surface area contributed by atoms with Crippen molar-refractivity contribution in [3.05, 3.63) is 29.3 Å². The molecule has 112 valence electrons. The Hall–Kier alpha value is -1.53. The number of nitrogens with one attached hydrogen (secondary N) is 1. The third-order valence-corrected chi connectivity index (χ3v) is 4.34. The molecule has 0 radical (unpaired) electrons. The number of rotatable bonds is 7. The molecule has 0 atom stereocenters. The maximum absolute atomic E-state index is 9.52. The lowest BCUT2D eigenvalue weighted by atomic mass is 10.1. The molecule has 1 aromatic carbocycles. The third-order valence-electron chi connectivity index (χ3n) is 4.34. The van der Waals surface area contributed by atoms with E-state index in [1.54, 1.807) is 0 Å². The van der Waals surface area contributed by atoms with E-state index in [4.69, 9.17) is 0 Å². The van der Waals surface area contributed by atoms with Gasteiger partial charge in [0.2, 0.25) is 0 Å². The van der Waals surface area contributed by atoms with Crippen molar-refractivity contribution < 1.29 is 0 Å². The van der Waals surface area contributed by atoms with Crippen molar-refractivity contribution >= 4 is 5.69 Å². The number of hydrogen-bond donors (Lipinski definition) is 1.